The van der Waals surface area contributed by atoms with Gasteiger partial charge in [-0.2, -0.15) is 5.10 Å². The minimum atomic E-state index is -0.422. The molecule has 1 amide bonds. The van der Waals surface area contributed by atoms with Crippen LogP contribution in [-0.4, -0.2) is 30.4 Å². The molecule has 0 fully saturated rings. The molecule has 0 aliphatic carbocycles. The Labute approximate surface area is 149 Å². The highest BCUT2D eigenvalue weighted by atomic mass is 35.5. The third-order valence-corrected chi connectivity index (χ3v) is 3.43. The number of carbonyl (C=O) groups is 1. The van der Waals surface area contributed by atoms with Gasteiger partial charge >= 0.3 is 0 Å². The Morgan fingerprint density at radius 2 is 2.20 bits per heavy atom. The molecule has 7 nitrogen and oxygen atoms in total. The van der Waals surface area contributed by atoms with E-state index in [1.165, 1.54) is 30.2 Å². The van der Waals surface area contributed by atoms with Gasteiger partial charge in [0.2, 0.25) is 0 Å². The van der Waals surface area contributed by atoms with Crippen molar-refractivity contribution < 1.29 is 14.3 Å². The number of hydrogen-bond donors (Lipinski definition) is 1. The van der Waals surface area contributed by atoms with Gasteiger partial charge in [0, 0.05) is 12.3 Å². The van der Waals surface area contributed by atoms with E-state index in [1.54, 1.807) is 24.3 Å². The average Bonchev–Trinajstić information content (AvgIpc) is 2.57. The van der Waals surface area contributed by atoms with E-state index in [4.69, 9.17) is 21.1 Å². The van der Waals surface area contributed by atoms with Crippen molar-refractivity contribution in [1.82, 2.24) is 9.99 Å². The van der Waals surface area contributed by atoms with Gasteiger partial charge in [-0.1, -0.05) is 17.7 Å². The Kier molecular flexibility index (Phi) is 6.59. The second-order valence-electron chi connectivity index (χ2n) is 4.93. The van der Waals surface area contributed by atoms with Crippen LogP contribution in [0.5, 0.6) is 11.5 Å². The summed E-state index contributed by atoms with van der Waals surface area (Å²) in [4.78, 5) is 23.4. The van der Waals surface area contributed by atoms with Gasteiger partial charge in [0.1, 0.15) is 6.54 Å². The number of amides is 1. The first-order valence-corrected chi connectivity index (χ1v) is 7.90. The van der Waals surface area contributed by atoms with Crippen LogP contribution in [0.1, 0.15) is 12.5 Å². The van der Waals surface area contributed by atoms with Crippen LogP contribution in [0, 0.1) is 0 Å². The standard InChI is InChI=1S/C17H18ClN3O4/c1-3-25-14-9-12(8-13(18)17(14)24-2)10-19-20-15(22)11-21-7-5-4-6-16(21)23/h4-10H,3,11H2,1-2H3,(H,20,22)/b19-10-. The lowest BCUT2D eigenvalue weighted by Gasteiger charge is -2.11. The number of methoxy groups -OCH3 is 1. The molecule has 0 radical (unpaired) electrons. The summed E-state index contributed by atoms with van der Waals surface area (Å²) in [6, 6.07) is 8.00. The number of rotatable bonds is 7. The molecule has 0 aliphatic heterocycles. The highest BCUT2D eigenvalue weighted by Gasteiger charge is 2.10. The van der Waals surface area contributed by atoms with Gasteiger partial charge in [0.25, 0.3) is 11.5 Å². The SMILES string of the molecule is CCOc1cc(/C=N\NC(=O)Cn2ccccc2=O)cc(Cl)c1OC. The number of carbonyl (C=O) groups excluding carboxylic acids is 1. The minimum absolute atomic E-state index is 0.120. The molecule has 132 valence electrons. The molecule has 1 aromatic heterocycles. The minimum Gasteiger partial charge on any atom is -0.491 e. The van der Waals surface area contributed by atoms with Gasteiger partial charge in [0.15, 0.2) is 11.5 Å². The first-order chi connectivity index (χ1) is 12.0. The van der Waals surface area contributed by atoms with Crippen molar-refractivity contribution in [2.45, 2.75) is 13.5 Å². The molecule has 0 bridgehead atoms. The second kappa shape index (κ2) is 8.89. The van der Waals surface area contributed by atoms with Crippen LogP contribution < -0.4 is 20.5 Å². The summed E-state index contributed by atoms with van der Waals surface area (Å²) in [5.74, 6) is 0.503. The lowest BCUT2D eigenvalue weighted by atomic mass is 10.2. The normalized spacial score (nSPS) is 10.7. The molecule has 0 aliphatic rings. The van der Waals surface area contributed by atoms with Crippen molar-refractivity contribution in [3.8, 4) is 11.5 Å². The number of nitrogens with one attached hydrogen (secondary N) is 1. The van der Waals surface area contributed by atoms with Crippen LogP contribution in [0.4, 0.5) is 0 Å². The second-order valence-corrected chi connectivity index (χ2v) is 5.33. The smallest absolute Gasteiger partial charge is 0.260 e. The zero-order valence-electron chi connectivity index (χ0n) is 13.9. The van der Waals surface area contributed by atoms with E-state index in [-0.39, 0.29) is 12.1 Å². The number of ether oxygens (including phenoxy) is 2. The van der Waals surface area contributed by atoms with Crippen LogP contribution in [0.2, 0.25) is 5.02 Å². The van der Waals surface area contributed by atoms with Crippen molar-refractivity contribution >= 4 is 23.7 Å². The van der Waals surface area contributed by atoms with Crippen molar-refractivity contribution in [2.75, 3.05) is 13.7 Å². The maximum Gasteiger partial charge on any atom is 0.260 e. The van der Waals surface area contributed by atoms with Crippen molar-refractivity contribution in [3.05, 3.63) is 57.5 Å². The van der Waals surface area contributed by atoms with E-state index < -0.39 is 5.91 Å². The third kappa shape index (κ3) is 5.09. The number of aromatic nitrogens is 1. The van der Waals surface area contributed by atoms with Gasteiger partial charge < -0.3 is 14.0 Å². The van der Waals surface area contributed by atoms with Gasteiger partial charge in [-0.05, 0) is 30.7 Å². The Morgan fingerprint density at radius 3 is 2.88 bits per heavy atom. The van der Waals surface area contributed by atoms with E-state index in [0.717, 1.165) is 0 Å². The Morgan fingerprint density at radius 1 is 1.40 bits per heavy atom. The predicted molar refractivity (Wildman–Crippen MR) is 95.6 cm³/mol. The summed E-state index contributed by atoms with van der Waals surface area (Å²) in [6.07, 6.45) is 2.96. The summed E-state index contributed by atoms with van der Waals surface area (Å²) >= 11 is 6.14. The van der Waals surface area contributed by atoms with Crippen LogP contribution in [-0.2, 0) is 11.3 Å². The van der Waals surface area contributed by atoms with Crippen molar-refractivity contribution in [2.24, 2.45) is 5.10 Å². The molecule has 1 aromatic carbocycles. The number of hydrazone groups is 1. The fourth-order valence-electron chi connectivity index (χ4n) is 2.08. The van der Waals surface area contributed by atoms with Gasteiger partial charge in [-0.25, -0.2) is 5.43 Å². The molecular formula is C17H18ClN3O4. The van der Waals surface area contributed by atoms with Crippen LogP contribution >= 0.6 is 11.6 Å². The number of hydrogen-bond acceptors (Lipinski definition) is 5. The van der Waals surface area contributed by atoms with Crippen LogP contribution in [0.3, 0.4) is 0 Å². The summed E-state index contributed by atoms with van der Waals surface area (Å²) in [5.41, 5.74) is 2.73. The van der Waals surface area contributed by atoms with E-state index >= 15 is 0 Å². The van der Waals surface area contributed by atoms with Gasteiger partial charge in [0.05, 0.1) is 25.0 Å². The molecule has 2 rings (SSSR count). The molecule has 0 atom stereocenters. The molecule has 0 spiro atoms. The Hall–Kier alpha value is -2.80. The van der Waals surface area contributed by atoms with Crippen molar-refractivity contribution in [3.63, 3.8) is 0 Å². The molecule has 8 heteroatoms. The first kappa shape index (κ1) is 18.5. The number of halogens is 1. The summed E-state index contributed by atoms with van der Waals surface area (Å²) < 4.78 is 12.0. The lowest BCUT2D eigenvalue weighted by molar-refractivity contribution is -0.121. The average molecular weight is 364 g/mol. The quantitative estimate of drug-likeness (QED) is 0.603. The van der Waals surface area contributed by atoms with Crippen LogP contribution in [0.25, 0.3) is 0 Å². The summed E-state index contributed by atoms with van der Waals surface area (Å²) in [7, 11) is 1.50. The lowest BCUT2D eigenvalue weighted by Crippen LogP contribution is -2.28. The fraction of sp³-hybridized carbons (Fsp3) is 0.235. The number of pyridine rings is 1. The molecule has 1 heterocycles. The zero-order chi connectivity index (χ0) is 18.2. The number of nitrogens with zero attached hydrogens (tertiary/aromatic N) is 2. The molecule has 1 N–H and O–H groups in total. The Bertz CT molecular complexity index is 833. The maximum atomic E-state index is 11.8. The monoisotopic (exact) mass is 363 g/mol. The van der Waals surface area contributed by atoms with Crippen molar-refractivity contribution in [1.29, 1.82) is 0 Å². The summed E-state index contributed by atoms with van der Waals surface area (Å²) in [5, 5.41) is 4.24. The molecule has 0 unspecified atom stereocenters. The van der Waals surface area contributed by atoms with E-state index in [0.29, 0.717) is 28.7 Å². The largest absolute Gasteiger partial charge is 0.491 e. The fourth-order valence-corrected chi connectivity index (χ4v) is 2.38. The maximum absolute atomic E-state index is 11.8. The van der Waals surface area contributed by atoms with E-state index in [2.05, 4.69) is 10.5 Å². The first-order valence-electron chi connectivity index (χ1n) is 7.52. The molecule has 2 aromatic rings. The van der Waals surface area contributed by atoms with E-state index in [1.807, 2.05) is 6.92 Å². The third-order valence-electron chi connectivity index (χ3n) is 3.15. The molecular weight excluding hydrogens is 346 g/mol. The molecule has 25 heavy (non-hydrogen) atoms. The highest BCUT2D eigenvalue weighted by molar-refractivity contribution is 6.32. The zero-order valence-corrected chi connectivity index (χ0v) is 14.6. The van der Waals surface area contributed by atoms with Gasteiger partial charge in [-0.15, -0.1) is 0 Å². The highest BCUT2D eigenvalue weighted by Crippen LogP contribution is 2.35. The van der Waals surface area contributed by atoms with E-state index in [9.17, 15) is 9.59 Å². The summed E-state index contributed by atoms with van der Waals surface area (Å²) in [6.45, 7) is 2.18. The Balaban J connectivity index is 2.05. The molecule has 0 saturated carbocycles. The number of benzene rings is 1. The molecule has 0 saturated heterocycles. The predicted octanol–water partition coefficient (Wildman–Crippen LogP) is 2.06. The van der Waals surface area contributed by atoms with Gasteiger partial charge in [-0.3, -0.25) is 9.59 Å². The topological polar surface area (TPSA) is 81.9 Å². The van der Waals surface area contributed by atoms with Crippen LogP contribution in [0.15, 0.2) is 46.4 Å².